The molecule has 1 aromatic heterocycles. The number of nitrogens with zero attached hydrogens (tertiary/aromatic N) is 2. The van der Waals surface area contributed by atoms with E-state index in [4.69, 9.17) is 0 Å². The number of hydrogen-bond acceptors (Lipinski definition) is 4. The van der Waals surface area contributed by atoms with Crippen molar-refractivity contribution in [2.75, 3.05) is 11.9 Å². The van der Waals surface area contributed by atoms with Crippen LogP contribution < -0.4 is 10.6 Å². The Morgan fingerprint density at radius 3 is 3.04 bits per heavy atom. The van der Waals surface area contributed by atoms with E-state index < -0.39 is 11.7 Å². The van der Waals surface area contributed by atoms with E-state index in [-0.39, 0.29) is 18.2 Å². The molecule has 0 spiro atoms. The molecule has 1 atom stereocenters. The predicted octanol–water partition coefficient (Wildman–Crippen LogP) is 2.20. The van der Waals surface area contributed by atoms with Crippen molar-refractivity contribution in [3.8, 4) is 0 Å². The Bertz CT molecular complexity index is 928. The number of hydrogen-bond donors (Lipinski definition) is 2. The quantitative estimate of drug-likeness (QED) is 0.867. The van der Waals surface area contributed by atoms with Crippen LogP contribution in [-0.2, 0) is 28.9 Å². The number of amides is 2. The second-order valence-electron chi connectivity index (χ2n) is 7.08. The molecular formula is C20H21FN4O2. The Morgan fingerprint density at radius 2 is 2.19 bits per heavy atom. The van der Waals surface area contributed by atoms with Crippen LogP contribution in [-0.4, -0.2) is 28.3 Å². The van der Waals surface area contributed by atoms with Crippen LogP contribution in [0.1, 0.15) is 47.1 Å². The molecule has 1 aliphatic carbocycles. The first-order valence-corrected chi connectivity index (χ1v) is 9.23. The van der Waals surface area contributed by atoms with Gasteiger partial charge in [-0.1, -0.05) is 0 Å². The van der Waals surface area contributed by atoms with Gasteiger partial charge in [0, 0.05) is 36.5 Å². The summed E-state index contributed by atoms with van der Waals surface area (Å²) in [6.07, 6.45) is 3.67. The zero-order valence-electron chi connectivity index (χ0n) is 15.1. The van der Waals surface area contributed by atoms with E-state index in [1.54, 1.807) is 0 Å². The number of carbonyl (C=O) groups is 2. The first kappa shape index (κ1) is 17.6. The van der Waals surface area contributed by atoms with Gasteiger partial charge in [-0.25, -0.2) is 14.4 Å². The lowest BCUT2D eigenvalue weighted by molar-refractivity contribution is -0.126. The average Bonchev–Trinajstić information content (AvgIpc) is 3.10. The molecule has 2 aliphatic rings. The number of carbonyl (C=O) groups excluding carboxylic acids is 2. The molecule has 2 amide bonds. The standard InChI is InChI=1S/C20H21FN4O2/c1-11-13-3-2-4-16(13)24-18(23-11)7-8-22-20(27)15-10-19(26)25-17-6-5-12(21)9-14(15)17/h5-6,9,15H,2-4,7-8,10H2,1H3,(H,22,27)(H,25,26)/t15-/m1/s1. The first-order chi connectivity index (χ1) is 13.0. The lowest BCUT2D eigenvalue weighted by Crippen LogP contribution is -2.36. The molecule has 0 saturated carbocycles. The molecule has 0 unspecified atom stereocenters. The monoisotopic (exact) mass is 368 g/mol. The van der Waals surface area contributed by atoms with E-state index in [9.17, 15) is 14.0 Å². The molecule has 2 aromatic rings. The third-order valence-corrected chi connectivity index (χ3v) is 5.20. The van der Waals surface area contributed by atoms with E-state index in [1.165, 1.54) is 23.8 Å². The highest BCUT2D eigenvalue weighted by molar-refractivity contribution is 6.01. The van der Waals surface area contributed by atoms with Gasteiger partial charge in [0.1, 0.15) is 11.6 Å². The van der Waals surface area contributed by atoms with E-state index in [0.29, 0.717) is 24.2 Å². The van der Waals surface area contributed by atoms with Gasteiger partial charge in [-0.2, -0.15) is 0 Å². The fraction of sp³-hybridized carbons (Fsp3) is 0.400. The molecule has 0 fully saturated rings. The number of aromatic nitrogens is 2. The molecule has 7 heteroatoms. The first-order valence-electron chi connectivity index (χ1n) is 9.23. The van der Waals surface area contributed by atoms with E-state index in [0.717, 1.165) is 36.5 Å². The zero-order valence-corrected chi connectivity index (χ0v) is 15.1. The minimum absolute atomic E-state index is 0.0107. The number of halogens is 1. The maximum Gasteiger partial charge on any atom is 0.228 e. The van der Waals surface area contributed by atoms with Gasteiger partial charge in [0.05, 0.1) is 5.92 Å². The fourth-order valence-corrected chi connectivity index (χ4v) is 3.88. The molecule has 6 nitrogen and oxygen atoms in total. The van der Waals surface area contributed by atoms with E-state index >= 15 is 0 Å². The van der Waals surface area contributed by atoms with Gasteiger partial charge in [-0.3, -0.25) is 9.59 Å². The van der Waals surface area contributed by atoms with Crippen molar-refractivity contribution in [2.24, 2.45) is 0 Å². The molecule has 2 N–H and O–H groups in total. The van der Waals surface area contributed by atoms with Gasteiger partial charge >= 0.3 is 0 Å². The summed E-state index contributed by atoms with van der Waals surface area (Å²) in [5.74, 6) is -0.917. The lowest BCUT2D eigenvalue weighted by atomic mass is 9.89. The Hall–Kier alpha value is -2.83. The highest BCUT2D eigenvalue weighted by Gasteiger charge is 2.31. The third-order valence-electron chi connectivity index (χ3n) is 5.20. The maximum atomic E-state index is 13.6. The summed E-state index contributed by atoms with van der Waals surface area (Å²) in [5.41, 5.74) is 4.40. The molecule has 2 heterocycles. The van der Waals surface area contributed by atoms with Crippen LogP contribution in [0.15, 0.2) is 18.2 Å². The van der Waals surface area contributed by atoms with Crippen molar-refractivity contribution < 1.29 is 14.0 Å². The van der Waals surface area contributed by atoms with Gasteiger partial charge < -0.3 is 10.6 Å². The number of rotatable bonds is 4. The van der Waals surface area contributed by atoms with Crippen LogP contribution in [0.5, 0.6) is 0 Å². The molecule has 140 valence electrons. The molecule has 27 heavy (non-hydrogen) atoms. The highest BCUT2D eigenvalue weighted by atomic mass is 19.1. The van der Waals surface area contributed by atoms with Crippen molar-refractivity contribution >= 4 is 17.5 Å². The third kappa shape index (κ3) is 3.54. The van der Waals surface area contributed by atoms with E-state index in [1.807, 2.05) is 6.92 Å². The maximum absolute atomic E-state index is 13.6. The van der Waals surface area contributed by atoms with Crippen LogP contribution in [0.3, 0.4) is 0 Å². The van der Waals surface area contributed by atoms with Gasteiger partial charge in [0.25, 0.3) is 0 Å². The largest absolute Gasteiger partial charge is 0.355 e. The van der Waals surface area contributed by atoms with Gasteiger partial charge in [-0.15, -0.1) is 0 Å². The molecule has 4 rings (SSSR count). The van der Waals surface area contributed by atoms with Crippen LogP contribution in [0.25, 0.3) is 0 Å². The number of benzene rings is 1. The van der Waals surface area contributed by atoms with Gasteiger partial charge in [-0.05, 0) is 55.5 Å². The smallest absolute Gasteiger partial charge is 0.228 e. The number of anilines is 1. The summed E-state index contributed by atoms with van der Waals surface area (Å²) < 4.78 is 13.6. The summed E-state index contributed by atoms with van der Waals surface area (Å²) in [4.78, 5) is 33.6. The van der Waals surface area contributed by atoms with Crippen molar-refractivity contribution in [2.45, 2.75) is 44.9 Å². The zero-order chi connectivity index (χ0) is 19.0. The van der Waals surface area contributed by atoms with Crippen molar-refractivity contribution in [1.82, 2.24) is 15.3 Å². The number of nitrogens with one attached hydrogen (secondary N) is 2. The highest BCUT2D eigenvalue weighted by Crippen LogP contribution is 2.32. The van der Waals surface area contributed by atoms with Crippen molar-refractivity contribution in [3.63, 3.8) is 0 Å². The summed E-state index contributed by atoms with van der Waals surface area (Å²) in [5, 5.41) is 5.53. The summed E-state index contributed by atoms with van der Waals surface area (Å²) in [7, 11) is 0. The second-order valence-corrected chi connectivity index (χ2v) is 7.08. The minimum Gasteiger partial charge on any atom is -0.355 e. The van der Waals surface area contributed by atoms with Crippen molar-refractivity contribution in [1.29, 1.82) is 0 Å². The number of fused-ring (bicyclic) bond motifs is 2. The normalized spacial score (nSPS) is 17.9. The van der Waals surface area contributed by atoms with Crippen LogP contribution >= 0.6 is 0 Å². The van der Waals surface area contributed by atoms with Gasteiger partial charge in [0.15, 0.2) is 0 Å². The fourth-order valence-electron chi connectivity index (χ4n) is 3.88. The Morgan fingerprint density at radius 1 is 1.33 bits per heavy atom. The van der Waals surface area contributed by atoms with Crippen LogP contribution in [0, 0.1) is 12.7 Å². The molecule has 1 aromatic carbocycles. The molecule has 1 aliphatic heterocycles. The Kier molecular flexibility index (Phi) is 4.59. The topological polar surface area (TPSA) is 84.0 Å². The Labute approximate surface area is 156 Å². The molecule has 0 bridgehead atoms. The lowest BCUT2D eigenvalue weighted by Gasteiger charge is -2.24. The summed E-state index contributed by atoms with van der Waals surface area (Å²) in [6.45, 7) is 2.37. The van der Waals surface area contributed by atoms with E-state index in [2.05, 4.69) is 20.6 Å². The summed E-state index contributed by atoms with van der Waals surface area (Å²) >= 11 is 0. The molecular weight excluding hydrogens is 347 g/mol. The second kappa shape index (κ2) is 7.06. The van der Waals surface area contributed by atoms with Gasteiger partial charge in [0.2, 0.25) is 11.8 Å². The minimum atomic E-state index is -0.688. The SMILES string of the molecule is Cc1nc(CCNC(=O)[C@@H]2CC(=O)Nc3ccc(F)cc32)nc2c1CCC2. The van der Waals surface area contributed by atoms with Crippen molar-refractivity contribution in [3.05, 3.63) is 52.4 Å². The predicted molar refractivity (Wildman–Crippen MR) is 97.9 cm³/mol. The average molecular weight is 368 g/mol. The van der Waals surface area contributed by atoms with Crippen LogP contribution in [0.4, 0.5) is 10.1 Å². The molecule has 0 radical (unpaired) electrons. The Balaban J connectivity index is 1.42. The number of aryl methyl sites for hydroxylation is 2. The summed E-state index contributed by atoms with van der Waals surface area (Å²) in [6, 6.07) is 4.07. The molecule has 0 saturated heterocycles. The van der Waals surface area contributed by atoms with Crippen LogP contribution in [0.2, 0.25) is 0 Å².